The molecule has 2 aromatic carbocycles. The Bertz CT molecular complexity index is 967. The lowest BCUT2D eigenvalue weighted by Gasteiger charge is -2.14. The van der Waals surface area contributed by atoms with Gasteiger partial charge in [0.15, 0.2) is 15.8 Å². The standard InChI is InChI=1S/C16H17FN4O3S/c1-9-7-13(20-12-6-4-3-5-11(12)17)14(25(2,23)24)8-10(9)15(22)21-16(18)19/h3-8,20H,1-2H3,(H4,18,19,21,22). The maximum Gasteiger partial charge on any atom is 0.280 e. The maximum absolute atomic E-state index is 13.8. The van der Waals surface area contributed by atoms with Crippen molar-refractivity contribution in [3.05, 3.63) is 53.3 Å². The summed E-state index contributed by atoms with van der Waals surface area (Å²) in [4.78, 5) is 15.3. The second kappa shape index (κ2) is 6.89. The molecule has 0 fully saturated rings. The number of carbonyl (C=O) groups is 1. The van der Waals surface area contributed by atoms with Crippen LogP contribution in [0.25, 0.3) is 0 Å². The minimum atomic E-state index is -3.72. The third-order valence-electron chi connectivity index (χ3n) is 3.33. The van der Waals surface area contributed by atoms with Crippen LogP contribution in [0.4, 0.5) is 15.8 Å². The first-order valence-corrected chi connectivity index (χ1v) is 8.99. The Hall–Kier alpha value is -2.94. The number of hydrogen-bond donors (Lipinski definition) is 3. The summed E-state index contributed by atoms with van der Waals surface area (Å²) in [7, 11) is -3.72. The van der Waals surface area contributed by atoms with Gasteiger partial charge in [0.1, 0.15) is 5.82 Å². The van der Waals surface area contributed by atoms with Crippen LogP contribution in [0.2, 0.25) is 0 Å². The molecule has 7 nitrogen and oxygen atoms in total. The number of aryl methyl sites for hydroxylation is 1. The number of sulfone groups is 1. The van der Waals surface area contributed by atoms with Gasteiger partial charge in [-0.15, -0.1) is 0 Å². The fraction of sp³-hybridized carbons (Fsp3) is 0.125. The molecule has 2 rings (SSSR count). The molecule has 0 bridgehead atoms. The summed E-state index contributed by atoms with van der Waals surface area (Å²) < 4.78 is 38.1. The molecule has 1 amide bonds. The molecular weight excluding hydrogens is 347 g/mol. The van der Waals surface area contributed by atoms with E-state index in [4.69, 9.17) is 11.5 Å². The lowest BCUT2D eigenvalue weighted by Crippen LogP contribution is -2.24. The van der Waals surface area contributed by atoms with E-state index < -0.39 is 27.5 Å². The Morgan fingerprint density at radius 3 is 2.36 bits per heavy atom. The molecule has 2 aromatic rings. The van der Waals surface area contributed by atoms with E-state index in [1.807, 2.05) is 0 Å². The number of benzene rings is 2. The Labute approximate surface area is 144 Å². The van der Waals surface area contributed by atoms with Gasteiger partial charge in [0.25, 0.3) is 5.91 Å². The summed E-state index contributed by atoms with van der Waals surface area (Å²) in [5, 5.41) is 2.74. The molecular formula is C16H17FN4O3S. The van der Waals surface area contributed by atoms with Gasteiger partial charge in [-0.1, -0.05) is 12.1 Å². The van der Waals surface area contributed by atoms with Crippen LogP contribution in [-0.2, 0) is 9.84 Å². The number of aliphatic imine (C=N–C) groups is 1. The summed E-state index contributed by atoms with van der Waals surface area (Å²) in [5.41, 5.74) is 11.1. The SMILES string of the molecule is Cc1cc(Nc2ccccc2F)c(S(C)(=O)=O)cc1C(=O)N=C(N)N. The van der Waals surface area contributed by atoms with Crippen LogP contribution in [0.3, 0.4) is 0 Å². The Morgan fingerprint density at radius 2 is 1.80 bits per heavy atom. The molecule has 0 radical (unpaired) electrons. The summed E-state index contributed by atoms with van der Waals surface area (Å²) >= 11 is 0. The van der Waals surface area contributed by atoms with Crippen LogP contribution in [0, 0.1) is 12.7 Å². The van der Waals surface area contributed by atoms with Gasteiger partial charge in [-0.2, -0.15) is 4.99 Å². The molecule has 5 N–H and O–H groups in total. The van der Waals surface area contributed by atoms with Gasteiger partial charge in [0.2, 0.25) is 0 Å². The second-order valence-corrected chi connectivity index (χ2v) is 7.37. The smallest absolute Gasteiger partial charge is 0.280 e. The number of nitrogens with zero attached hydrogens (tertiary/aromatic N) is 1. The summed E-state index contributed by atoms with van der Waals surface area (Å²) in [6, 6.07) is 8.43. The molecule has 0 aliphatic rings. The number of rotatable bonds is 4. The number of guanidine groups is 1. The predicted octanol–water partition coefficient (Wildman–Crippen LogP) is 1.69. The summed E-state index contributed by atoms with van der Waals surface area (Å²) in [6.07, 6.45) is 0.985. The number of anilines is 2. The van der Waals surface area contributed by atoms with Gasteiger partial charge in [-0.05, 0) is 36.8 Å². The second-order valence-electron chi connectivity index (χ2n) is 5.38. The lowest BCUT2D eigenvalue weighted by molar-refractivity contribution is 0.100. The minimum absolute atomic E-state index is 0.0351. The first kappa shape index (κ1) is 18.4. The number of para-hydroxylation sites is 1. The quantitative estimate of drug-likeness (QED) is 0.559. The minimum Gasteiger partial charge on any atom is -0.370 e. The Kier molecular flexibility index (Phi) is 5.07. The van der Waals surface area contributed by atoms with Crippen LogP contribution < -0.4 is 16.8 Å². The highest BCUT2D eigenvalue weighted by Crippen LogP contribution is 2.30. The highest BCUT2D eigenvalue weighted by molar-refractivity contribution is 7.90. The van der Waals surface area contributed by atoms with Gasteiger partial charge in [0.05, 0.1) is 16.3 Å². The molecule has 0 aromatic heterocycles. The van der Waals surface area contributed by atoms with E-state index in [-0.39, 0.29) is 21.8 Å². The molecule has 9 heteroatoms. The number of carbonyl (C=O) groups excluding carboxylic acids is 1. The number of hydrogen-bond acceptors (Lipinski definition) is 4. The average molecular weight is 364 g/mol. The number of nitrogens with two attached hydrogens (primary N) is 2. The van der Waals surface area contributed by atoms with E-state index in [1.54, 1.807) is 13.0 Å². The molecule has 0 heterocycles. The predicted molar refractivity (Wildman–Crippen MR) is 94.1 cm³/mol. The largest absolute Gasteiger partial charge is 0.370 e. The molecule has 0 aliphatic carbocycles. The Balaban J connectivity index is 2.62. The fourth-order valence-corrected chi connectivity index (χ4v) is 3.05. The van der Waals surface area contributed by atoms with Crippen molar-refractivity contribution in [2.75, 3.05) is 11.6 Å². The number of nitrogens with one attached hydrogen (secondary N) is 1. The fourth-order valence-electron chi connectivity index (χ4n) is 2.21. The lowest BCUT2D eigenvalue weighted by atomic mass is 10.1. The van der Waals surface area contributed by atoms with Gasteiger partial charge >= 0.3 is 0 Å². The van der Waals surface area contributed by atoms with Crippen molar-refractivity contribution in [1.82, 2.24) is 0 Å². The maximum atomic E-state index is 13.8. The molecule has 0 saturated carbocycles. The Morgan fingerprint density at radius 1 is 1.16 bits per heavy atom. The molecule has 0 aliphatic heterocycles. The highest BCUT2D eigenvalue weighted by atomic mass is 32.2. The van der Waals surface area contributed by atoms with Gasteiger partial charge in [-0.25, -0.2) is 12.8 Å². The monoisotopic (exact) mass is 364 g/mol. The molecule has 0 atom stereocenters. The third-order valence-corrected chi connectivity index (χ3v) is 4.47. The van der Waals surface area contributed by atoms with Crippen molar-refractivity contribution >= 4 is 33.1 Å². The van der Waals surface area contributed by atoms with E-state index in [1.165, 1.54) is 30.3 Å². The van der Waals surface area contributed by atoms with Crippen LogP contribution >= 0.6 is 0 Å². The van der Waals surface area contributed by atoms with E-state index in [2.05, 4.69) is 10.3 Å². The van der Waals surface area contributed by atoms with Crippen molar-refractivity contribution in [3.63, 3.8) is 0 Å². The van der Waals surface area contributed by atoms with Crippen molar-refractivity contribution in [1.29, 1.82) is 0 Å². The average Bonchev–Trinajstić information content (AvgIpc) is 2.47. The van der Waals surface area contributed by atoms with E-state index in [0.717, 1.165) is 6.26 Å². The van der Waals surface area contributed by atoms with Crippen molar-refractivity contribution in [2.45, 2.75) is 11.8 Å². The summed E-state index contributed by atoms with van der Waals surface area (Å²) in [5.74, 6) is -1.74. The highest BCUT2D eigenvalue weighted by Gasteiger charge is 2.20. The van der Waals surface area contributed by atoms with Gasteiger partial charge in [-0.3, -0.25) is 4.79 Å². The zero-order chi connectivity index (χ0) is 18.8. The third kappa shape index (κ3) is 4.32. The van der Waals surface area contributed by atoms with Crippen molar-refractivity contribution in [3.8, 4) is 0 Å². The van der Waals surface area contributed by atoms with Gasteiger partial charge in [0, 0.05) is 11.8 Å². The molecule has 0 saturated heterocycles. The van der Waals surface area contributed by atoms with Crippen LogP contribution in [0.5, 0.6) is 0 Å². The molecule has 25 heavy (non-hydrogen) atoms. The zero-order valence-corrected chi connectivity index (χ0v) is 14.4. The van der Waals surface area contributed by atoms with E-state index >= 15 is 0 Å². The molecule has 0 spiro atoms. The summed E-state index contributed by atoms with van der Waals surface area (Å²) in [6.45, 7) is 1.59. The van der Waals surface area contributed by atoms with Crippen LogP contribution in [0.1, 0.15) is 15.9 Å². The first-order chi connectivity index (χ1) is 11.6. The topological polar surface area (TPSA) is 128 Å². The number of halogens is 1. The molecule has 0 unspecified atom stereocenters. The van der Waals surface area contributed by atoms with E-state index in [0.29, 0.717) is 5.56 Å². The number of amides is 1. The van der Waals surface area contributed by atoms with Crippen LogP contribution in [-0.4, -0.2) is 26.5 Å². The van der Waals surface area contributed by atoms with Crippen LogP contribution in [0.15, 0.2) is 46.3 Å². The van der Waals surface area contributed by atoms with E-state index in [9.17, 15) is 17.6 Å². The van der Waals surface area contributed by atoms with Crippen molar-refractivity contribution < 1.29 is 17.6 Å². The van der Waals surface area contributed by atoms with Gasteiger partial charge < -0.3 is 16.8 Å². The first-order valence-electron chi connectivity index (χ1n) is 7.10. The van der Waals surface area contributed by atoms with Crippen molar-refractivity contribution in [2.24, 2.45) is 16.5 Å². The molecule has 132 valence electrons. The zero-order valence-electron chi connectivity index (χ0n) is 13.6. The normalized spacial score (nSPS) is 11.0.